The van der Waals surface area contributed by atoms with Gasteiger partial charge in [-0.15, -0.1) is 0 Å². The summed E-state index contributed by atoms with van der Waals surface area (Å²) in [4.78, 5) is 22.5. The van der Waals surface area contributed by atoms with Crippen LogP contribution >= 0.6 is 0 Å². The Morgan fingerprint density at radius 2 is 1.88 bits per heavy atom. The summed E-state index contributed by atoms with van der Waals surface area (Å²) < 4.78 is 4.98. The molecule has 0 aromatic heterocycles. The summed E-state index contributed by atoms with van der Waals surface area (Å²) >= 11 is 0. The molecule has 0 radical (unpaired) electrons. The molecular formula is C13H15NO3. The first-order valence-electron chi connectivity index (χ1n) is 5.35. The number of rotatable bonds is 0. The Bertz CT molecular complexity index is 378. The van der Waals surface area contributed by atoms with Crippen molar-refractivity contribution in [2.24, 2.45) is 0 Å². The molecule has 0 saturated heterocycles. The van der Waals surface area contributed by atoms with E-state index in [1.54, 1.807) is 36.5 Å². The fourth-order valence-electron chi connectivity index (χ4n) is 1.10. The number of carbonyl (C=O) groups is 2. The van der Waals surface area contributed by atoms with Gasteiger partial charge in [0, 0.05) is 13.0 Å². The van der Waals surface area contributed by atoms with Gasteiger partial charge in [0.25, 0.3) is 5.91 Å². The summed E-state index contributed by atoms with van der Waals surface area (Å²) in [5.41, 5.74) is 0. The van der Waals surface area contributed by atoms with Gasteiger partial charge in [-0.1, -0.05) is 30.4 Å². The van der Waals surface area contributed by atoms with Crippen molar-refractivity contribution >= 4 is 11.7 Å². The maximum Gasteiger partial charge on any atom is 0.258 e. The third-order valence-corrected chi connectivity index (χ3v) is 1.90. The van der Waals surface area contributed by atoms with E-state index < -0.39 is 0 Å². The Morgan fingerprint density at radius 1 is 1.06 bits per heavy atom. The minimum Gasteiger partial charge on any atom is -0.491 e. The standard InChI is InChI=1S/C13H15NO3/c15-12-7-4-2-1-3-5-10-17-11-13(16)14-9-6-8-12/h1-6,8,10H,7,9,11H2,(H,14,16). The van der Waals surface area contributed by atoms with Crippen LogP contribution in [0.5, 0.6) is 0 Å². The zero-order valence-electron chi connectivity index (χ0n) is 9.46. The number of hydrogen-bond acceptors (Lipinski definition) is 3. The van der Waals surface area contributed by atoms with Gasteiger partial charge in [0.05, 0.1) is 6.26 Å². The van der Waals surface area contributed by atoms with Gasteiger partial charge in [-0.3, -0.25) is 9.59 Å². The van der Waals surface area contributed by atoms with Crippen LogP contribution < -0.4 is 5.32 Å². The molecule has 17 heavy (non-hydrogen) atoms. The van der Waals surface area contributed by atoms with E-state index >= 15 is 0 Å². The van der Waals surface area contributed by atoms with Crippen LogP contribution in [0.4, 0.5) is 0 Å². The largest absolute Gasteiger partial charge is 0.491 e. The second-order valence-electron chi connectivity index (χ2n) is 3.33. The van der Waals surface area contributed by atoms with E-state index in [9.17, 15) is 9.59 Å². The first kappa shape index (κ1) is 13.0. The highest BCUT2D eigenvalue weighted by Gasteiger charge is 1.97. The number of allylic oxidation sites excluding steroid dienone is 6. The van der Waals surface area contributed by atoms with Gasteiger partial charge in [-0.2, -0.15) is 0 Å². The minimum absolute atomic E-state index is 0.00515. The highest BCUT2D eigenvalue weighted by molar-refractivity contribution is 5.90. The van der Waals surface area contributed by atoms with Crippen molar-refractivity contribution in [3.8, 4) is 0 Å². The molecule has 1 heterocycles. The number of hydrogen-bond donors (Lipinski definition) is 1. The van der Waals surface area contributed by atoms with Crippen LogP contribution in [0.15, 0.2) is 48.8 Å². The van der Waals surface area contributed by atoms with Crippen LogP contribution in [0.25, 0.3) is 0 Å². The number of ether oxygens (including phenoxy) is 1. The van der Waals surface area contributed by atoms with Gasteiger partial charge in [0.1, 0.15) is 0 Å². The molecule has 0 aliphatic carbocycles. The first-order valence-corrected chi connectivity index (χ1v) is 5.35. The van der Waals surface area contributed by atoms with E-state index in [2.05, 4.69) is 5.32 Å². The zero-order chi connectivity index (χ0) is 12.3. The van der Waals surface area contributed by atoms with E-state index in [1.165, 1.54) is 12.3 Å². The second-order valence-corrected chi connectivity index (χ2v) is 3.33. The molecule has 0 spiro atoms. The fraction of sp³-hybridized carbons (Fsp3) is 0.231. The lowest BCUT2D eigenvalue weighted by atomic mass is 10.2. The average Bonchev–Trinajstić information content (AvgIpc) is 2.32. The molecule has 4 heteroatoms. The molecule has 0 fully saturated rings. The Kier molecular flexibility index (Phi) is 6.18. The van der Waals surface area contributed by atoms with Crippen molar-refractivity contribution < 1.29 is 14.3 Å². The summed E-state index contributed by atoms with van der Waals surface area (Å²) in [5, 5.41) is 2.60. The molecule has 0 aromatic carbocycles. The lowest BCUT2D eigenvalue weighted by Crippen LogP contribution is -2.27. The predicted molar refractivity (Wildman–Crippen MR) is 65.1 cm³/mol. The van der Waals surface area contributed by atoms with E-state index in [1.807, 2.05) is 0 Å². The number of ketones is 1. The maximum absolute atomic E-state index is 11.3. The summed E-state index contributed by atoms with van der Waals surface area (Å²) in [6.07, 6.45) is 13.7. The molecule has 1 N–H and O–H groups in total. The molecule has 1 aliphatic heterocycles. The average molecular weight is 233 g/mol. The highest BCUT2D eigenvalue weighted by Crippen LogP contribution is 1.90. The van der Waals surface area contributed by atoms with Gasteiger partial charge in [0.15, 0.2) is 12.4 Å². The van der Waals surface area contributed by atoms with Crippen LogP contribution in [-0.2, 0) is 14.3 Å². The molecule has 0 aromatic rings. The first-order chi connectivity index (χ1) is 8.29. The Morgan fingerprint density at radius 3 is 2.76 bits per heavy atom. The molecule has 1 amide bonds. The van der Waals surface area contributed by atoms with Gasteiger partial charge < -0.3 is 10.1 Å². The normalized spacial score (nSPS) is 18.1. The van der Waals surface area contributed by atoms with Crippen molar-refractivity contribution in [2.75, 3.05) is 13.2 Å². The molecule has 90 valence electrons. The zero-order valence-corrected chi connectivity index (χ0v) is 9.46. The topological polar surface area (TPSA) is 55.4 Å². The van der Waals surface area contributed by atoms with Crippen molar-refractivity contribution in [1.82, 2.24) is 5.32 Å². The third-order valence-electron chi connectivity index (χ3n) is 1.90. The van der Waals surface area contributed by atoms with E-state index in [0.717, 1.165) is 0 Å². The monoisotopic (exact) mass is 233 g/mol. The molecule has 0 bridgehead atoms. The fourth-order valence-corrected chi connectivity index (χ4v) is 1.10. The van der Waals surface area contributed by atoms with Crippen molar-refractivity contribution in [1.29, 1.82) is 0 Å². The quantitative estimate of drug-likeness (QED) is 0.685. The van der Waals surface area contributed by atoms with Crippen molar-refractivity contribution in [3.05, 3.63) is 48.8 Å². The summed E-state index contributed by atoms with van der Waals surface area (Å²) in [7, 11) is 0. The van der Waals surface area contributed by atoms with Gasteiger partial charge in [-0.05, 0) is 12.2 Å². The van der Waals surface area contributed by atoms with E-state index in [-0.39, 0.29) is 18.3 Å². The Hall–Kier alpha value is -2.10. The molecule has 0 unspecified atom stereocenters. The molecular weight excluding hydrogens is 218 g/mol. The predicted octanol–water partition coefficient (Wildman–Crippen LogP) is 1.27. The van der Waals surface area contributed by atoms with Crippen molar-refractivity contribution in [3.63, 3.8) is 0 Å². The SMILES string of the molecule is O=C1C=CCNC(=O)COC=CC=CC=CC1. The third kappa shape index (κ3) is 6.89. The minimum atomic E-state index is -0.219. The lowest BCUT2D eigenvalue weighted by molar-refractivity contribution is -0.123. The molecule has 0 atom stereocenters. The molecule has 4 nitrogen and oxygen atoms in total. The second kappa shape index (κ2) is 8.10. The summed E-state index contributed by atoms with van der Waals surface area (Å²) in [5.74, 6) is -0.214. The van der Waals surface area contributed by atoms with Crippen LogP contribution in [0.2, 0.25) is 0 Å². The summed E-state index contributed by atoms with van der Waals surface area (Å²) in [6, 6.07) is 0. The number of amides is 1. The maximum atomic E-state index is 11.3. The Balaban J connectivity index is 2.56. The van der Waals surface area contributed by atoms with Crippen LogP contribution in [-0.4, -0.2) is 24.8 Å². The van der Waals surface area contributed by atoms with Crippen LogP contribution in [0.3, 0.4) is 0 Å². The van der Waals surface area contributed by atoms with Gasteiger partial charge in [0.2, 0.25) is 0 Å². The highest BCUT2D eigenvalue weighted by atomic mass is 16.5. The smallest absolute Gasteiger partial charge is 0.258 e. The van der Waals surface area contributed by atoms with Gasteiger partial charge >= 0.3 is 0 Å². The number of nitrogens with one attached hydrogen (secondary N) is 1. The van der Waals surface area contributed by atoms with E-state index in [4.69, 9.17) is 4.74 Å². The number of carbonyl (C=O) groups excluding carboxylic acids is 2. The van der Waals surface area contributed by atoms with Crippen LogP contribution in [0, 0.1) is 0 Å². The lowest BCUT2D eigenvalue weighted by Gasteiger charge is -2.01. The van der Waals surface area contributed by atoms with Crippen molar-refractivity contribution in [2.45, 2.75) is 6.42 Å². The molecule has 0 saturated carbocycles. The van der Waals surface area contributed by atoms with E-state index in [0.29, 0.717) is 13.0 Å². The van der Waals surface area contributed by atoms with Crippen LogP contribution in [0.1, 0.15) is 6.42 Å². The van der Waals surface area contributed by atoms with Gasteiger partial charge in [-0.25, -0.2) is 0 Å². The molecule has 1 rings (SSSR count). The summed E-state index contributed by atoms with van der Waals surface area (Å²) in [6.45, 7) is 0.307. The Labute approximate surface area is 100 Å². The molecule has 1 aliphatic rings.